The molecule has 0 radical (unpaired) electrons. The standard InChI is InChI=1S/C13H19ClN2O2/c1-16-7-8(6-15)3-11(16)9-4-10(14)13(18-2)5-12(9)17/h4-5,8,11,17H,3,6-7,15H2,1-2H3. The lowest BCUT2D eigenvalue weighted by molar-refractivity contribution is 0.305. The molecule has 0 aromatic heterocycles. The number of halogens is 1. The van der Waals surface area contributed by atoms with E-state index in [2.05, 4.69) is 4.90 Å². The van der Waals surface area contributed by atoms with Gasteiger partial charge in [0.1, 0.15) is 11.5 Å². The van der Waals surface area contributed by atoms with E-state index < -0.39 is 0 Å². The highest BCUT2D eigenvalue weighted by atomic mass is 35.5. The fraction of sp³-hybridized carbons (Fsp3) is 0.538. The summed E-state index contributed by atoms with van der Waals surface area (Å²) in [6.07, 6.45) is 0.948. The molecule has 1 aliphatic heterocycles. The quantitative estimate of drug-likeness (QED) is 0.882. The average Bonchev–Trinajstić information content (AvgIpc) is 2.73. The summed E-state index contributed by atoms with van der Waals surface area (Å²) in [4.78, 5) is 2.20. The highest BCUT2D eigenvalue weighted by Crippen LogP contribution is 2.41. The van der Waals surface area contributed by atoms with Crippen LogP contribution in [0.1, 0.15) is 18.0 Å². The van der Waals surface area contributed by atoms with Gasteiger partial charge in [-0.25, -0.2) is 0 Å². The smallest absolute Gasteiger partial charge is 0.141 e. The summed E-state index contributed by atoms with van der Waals surface area (Å²) in [5.41, 5.74) is 6.56. The van der Waals surface area contributed by atoms with E-state index in [1.54, 1.807) is 12.1 Å². The van der Waals surface area contributed by atoms with Crippen LogP contribution in [0.5, 0.6) is 11.5 Å². The molecule has 18 heavy (non-hydrogen) atoms. The number of nitrogens with two attached hydrogens (primary N) is 1. The number of benzene rings is 1. The first kappa shape index (κ1) is 13.5. The molecule has 5 heteroatoms. The fourth-order valence-corrected chi connectivity index (χ4v) is 2.87. The van der Waals surface area contributed by atoms with Crippen LogP contribution in [0.4, 0.5) is 0 Å². The third kappa shape index (κ3) is 2.41. The lowest BCUT2D eigenvalue weighted by Crippen LogP contribution is -2.20. The maximum atomic E-state index is 10.1. The van der Waals surface area contributed by atoms with Crippen LogP contribution >= 0.6 is 11.6 Å². The summed E-state index contributed by atoms with van der Waals surface area (Å²) in [5.74, 6) is 1.19. The minimum atomic E-state index is 0.168. The Balaban J connectivity index is 2.31. The van der Waals surface area contributed by atoms with E-state index >= 15 is 0 Å². The number of methoxy groups -OCH3 is 1. The zero-order valence-corrected chi connectivity index (χ0v) is 11.4. The largest absolute Gasteiger partial charge is 0.507 e. The fourth-order valence-electron chi connectivity index (χ4n) is 2.62. The number of aromatic hydroxyl groups is 1. The Morgan fingerprint density at radius 2 is 2.28 bits per heavy atom. The van der Waals surface area contributed by atoms with Gasteiger partial charge in [0, 0.05) is 24.2 Å². The SMILES string of the molecule is COc1cc(O)c(C2CC(CN)CN2C)cc1Cl. The molecule has 0 bridgehead atoms. The van der Waals surface area contributed by atoms with Crippen LogP contribution in [0, 0.1) is 5.92 Å². The summed E-state index contributed by atoms with van der Waals surface area (Å²) in [7, 11) is 3.57. The predicted octanol–water partition coefficient (Wildman–Crippen LogP) is 2.01. The summed E-state index contributed by atoms with van der Waals surface area (Å²) >= 11 is 6.12. The Morgan fingerprint density at radius 3 is 2.83 bits per heavy atom. The molecule has 1 saturated heterocycles. The van der Waals surface area contributed by atoms with Crippen molar-refractivity contribution in [2.45, 2.75) is 12.5 Å². The van der Waals surface area contributed by atoms with E-state index in [1.165, 1.54) is 7.11 Å². The minimum Gasteiger partial charge on any atom is -0.507 e. The molecule has 2 unspecified atom stereocenters. The molecule has 3 N–H and O–H groups in total. The second-order valence-electron chi connectivity index (χ2n) is 4.84. The third-order valence-corrected chi connectivity index (χ3v) is 3.92. The highest BCUT2D eigenvalue weighted by molar-refractivity contribution is 6.32. The molecule has 4 nitrogen and oxygen atoms in total. The Hall–Kier alpha value is -0.970. The molecule has 0 saturated carbocycles. The van der Waals surface area contributed by atoms with E-state index in [4.69, 9.17) is 22.1 Å². The lowest BCUT2D eigenvalue weighted by atomic mass is 9.99. The van der Waals surface area contributed by atoms with Gasteiger partial charge in [0.25, 0.3) is 0 Å². The van der Waals surface area contributed by atoms with Crippen molar-refractivity contribution < 1.29 is 9.84 Å². The number of hydrogen-bond donors (Lipinski definition) is 2. The van der Waals surface area contributed by atoms with Crippen LogP contribution in [0.15, 0.2) is 12.1 Å². The van der Waals surface area contributed by atoms with Crippen molar-refractivity contribution in [3.63, 3.8) is 0 Å². The number of hydrogen-bond acceptors (Lipinski definition) is 4. The van der Waals surface area contributed by atoms with Gasteiger partial charge in [0.15, 0.2) is 0 Å². The first-order valence-corrected chi connectivity index (χ1v) is 6.41. The summed E-state index contributed by atoms with van der Waals surface area (Å²) in [6.45, 7) is 1.62. The second-order valence-corrected chi connectivity index (χ2v) is 5.25. The molecule has 1 aromatic carbocycles. The number of ether oxygens (including phenoxy) is 1. The van der Waals surface area contributed by atoms with Gasteiger partial charge in [-0.1, -0.05) is 11.6 Å². The van der Waals surface area contributed by atoms with Crippen molar-refractivity contribution >= 4 is 11.6 Å². The third-order valence-electron chi connectivity index (χ3n) is 3.63. The molecule has 2 atom stereocenters. The van der Waals surface area contributed by atoms with E-state index in [-0.39, 0.29) is 11.8 Å². The van der Waals surface area contributed by atoms with Gasteiger partial charge >= 0.3 is 0 Å². The predicted molar refractivity (Wildman–Crippen MR) is 72.2 cm³/mol. The first-order valence-electron chi connectivity index (χ1n) is 6.03. The number of rotatable bonds is 3. The lowest BCUT2D eigenvalue weighted by Gasteiger charge is -2.21. The molecular weight excluding hydrogens is 252 g/mol. The summed E-state index contributed by atoms with van der Waals surface area (Å²) in [5, 5.41) is 10.6. The van der Waals surface area contributed by atoms with Gasteiger partial charge in [0.05, 0.1) is 12.1 Å². The maximum absolute atomic E-state index is 10.1. The van der Waals surface area contributed by atoms with Crippen molar-refractivity contribution in [3.8, 4) is 11.5 Å². The summed E-state index contributed by atoms with van der Waals surface area (Å²) in [6, 6.07) is 3.53. The number of likely N-dealkylation sites (tertiary alicyclic amines) is 1. The van der Waals surface area contributed by atoms with E-state index in [0.29, 0.717) is 23.2 Å². The van der Waals surface area contributed by atoms with Gasteiger partial charge < -0.3 is 15.6 Å². The van der Waals surface area contributed by atoms with Gasteiger partial charge in [-0.05, 0) is 32.0 Å². The monoisotopic (exact) mass is 270 g/mol. The number of nitrogens with zero attached hydrogens (tertiary/aromatic N) is 1. The van der Waals surface area contributed by atoms with Gasteiger partial charge in [-0.3, -0.25) is 4.90 Å². The maximum Gasteiger partial charge on any atom is 0.141 e. The first-order chi connectivity index (χ1) is 8.56. The van der Waals surface area contributed by atoms with Crippen LogP contribution in [-0.2, 0) is 0 Å². The Kier molecular flexibility index (Phi) is 4.00. The van der Waals surface area contributed by atoms with Crippen LogP contribution < -0.4 is 10.5 Å². The average molecular weight is 271 g/mol. The van der Waals surface area contributed by atoms with Gasteiger partial charge in [0.2, 0.25) is 0 Å². The molecule has 1 aliphatic rings. The van der Waals surface area contributed by atoms with Crippen molar-refractivity contribution in [2.75, 3.05) is 27.2 Å². The molecule has 1 heterocycles. The van der Waals surface area contributed by atoms with Crippen LogP contribution in [0.2, 0.25) is 5.02 Å². The van der Waals surface area contributed by atoms with Crippen molar-refractivity contribution in [2.24, 2.45) is 11.7 Å². The minimum absolute atomic E-state index is 0.168. The Labute approximate surface area is 112 Å². The van der Waals surface area contributed by atoms with E-state index in [9.17, 15) is 5.11 Å². The number of phenolic OH excluding ortho intramolecular Hbond substituents is 1. The molecule has 0 spiro atoms. The van der Waals surface area contributed by atoms with Crippen LogP contribution in [-0.4, -0.2) is 37.3 Å². The Morgan fingerprint density at radius 1 is 1.56 bits per heavy atom. The van der Waals surface area contributed by atoms with Gasteiger partial charge in [-0.15, -0.1) is 0 Å². The van der Waals surface area contributed by atoms with E-state index in [1.807, 2.05) is 7.05 Å². The zero-order chi connectivity index (χ0) is 13.3. The van der Waals surface area contributed by atoms with Crippen LogP contribution in [0.3, 0.4) is 0 Å². The second kappa shape index (κ2) is 5.34. The molecule has 100 valence electrons. The van der Waals surface area contributed by atoms with Crippen molar-refractivity contribution in [1.82, 2.24) is 4.90 Å². The molecule has 0 amide bonds. The molecule has 0 aliphatic carbocycles. The highest BCUT2D eigenvalue weighted by Gasteiger charge is 2.31. The van der Waals surface area contributed by atoms with E-state index in [0.717, 1.165) is 18.5 Å². The number of phenols is 1. The topological polar surface area (TPSA) is 58.7 Å². The molecule has 2 rings (SSSR count). The summed E-state index contributed by atoms with van der Waals surface area (Å²) < 4.78 is 5.09. The van der Waals surface area contributed by atoms with Crippen molar-refractivity contribution in [3.05, 3.63) is 22.7 Å². The van der Waals surface area contributed by atoms with Gasteiger partial charge in [-0.2, -0.15) is 0 Å². The van der Waals surface area contributed by atoms with Crippen LogP contribution in [0.25, 0.3) is 0 Å². The Bertz CT molecular complexity index is 439. The molecule has 1 aromatic rings. The normalized spacial score (nSPS) is 24.4. The molecular formula is C13H19ClN2O2. The molecule has 1 fully saturated rings. The van der Waals surface area contributed by atoms with Crippen molar-refractivity contribution in [1.29, 1.82) is 0 Å². The zero-order valence-electron chi connectivity index (χ0n) is 10.7.